The van der Waals surface area contributed by atoms with E-state index in [-0.39, 0.29) is 5.91 Å². The molecule has 21 heavy (non-hydrogen) atoms. The molecule has 6 nitrogen and oxygen atoms in total. The predicted octanol–water partition coefficient (Wildman–Crippen LogP) is 1.90. The second-order valence-electron chi connectivity index (χ2n) is 4.46. The van der Waals surface area contributed by atoms with Gasteiger partial charge in [-0.05, 0) is 25.1 Å². The summed E-state index contributed by atoms with van der Waals surface area (Å²) in [6.45, 7) is 2.24. The van der Waals surface area contributed by atoms with Crippen molar-refractivity contribution >= 4 is 22.2 Å². The molecule has 104 valence electrons. The Bertz CT molecular complexity index is 826. The minimum Gasteiger partial charge on any atom is -0.346 e. The second-order valence-corrected chi connectivity index (χ2v) is 5.62. The van der Waals surface area contributed by atoms with Gasteiger partial charge in [-0.1, -0.05) is 17.4 Å². The summed E-state index contributed by atoms with van der Waals surface area (Å²) in [5.41, 5.74) is 1.67. The second kappa shape index (κ2) is 5.34. The van der Waals surface area contributed by atoms with E-state index in [0.29, 0.717) is 17.7 Å². The maximum atomic E-state index is 12.0. The van der Waals surface area contributed by atoms with E-state index in [4.69, 9.17) is 5.26 Å². The third-order valence-corrected chi connectivity index (χ3v) is 3.72. The van der Waals surface area contributed by atoms with Crippen molar-refractivity contribution in [1.82, 2.24) is 19.9 Å². The normalized spacial score (nSPS) is 10.5. The summed E-state index contributed by atoms with van der Waals surface area (Å²) in [7, 11) is 0. The number of rotatable bonds is 3. The van der Waals surface area contributed by atoms with Gasteiger partial charge >= 0.3 is 0 Å². The van der Waals surface area contributed by atoms with Crippen molar-refractivity contribution in [2.24, 2.45) is 0 Å². The highest BCUT2D eigenvalue weighted by Gasteiger charge is 2.09. The van der Waals surface area contributed by atoms with Crippen LogP contribution in [0.1, 0.15) is 26.6 Å². The van der Waals surface area contributed by atoms with Crippen molar-refractivity contribution in [1.29, 1.82) is 5.26 Å². The molecule has 7 heteroatoms. The van der Waals surface area contributed by atoms with Crippen LogP contribution in [0, 0.1) is 18.3 Å². The van der Waals surface area contributed by atoms with E-state index < -0.39 is 0 Å². The molecule has 1 aromatic carbocycles. The first-order valence-electron chi connectivity index (χ1n) is 6.26. The van der Waals surface area contributed by atoms with E-state index in [2.05, 4.69) is 15.4 Å². The van der Waals surface area contributed by atoms with Crippen LogP contribution >= 0.6 is 11.3 Å². The molecule has 0 fully saturated rings. The smallest absolute Gasteiger partial charge is 0.251 e. The highest BCUT2D eigenvalue weighted by atomic mass is 32.1. The average molecular weight is 297 g/mol. The van der Waals surface area contributed by atoms with Gasteiger partial charge in [-0.3, -0.25) is 4.79 Å². The lowest BCUT2D eigenvalue weighted by atomic mass is 10.1. The van der Waals surface area contributed by atoms with Gasteiger partial charge < -0.3 is 5.32 Å². The third kappa shape index (κ3) is 2.75. The zero-order valence-electron chi connectivity index (χ0n) is 11.2. The molecule has 0 radical (unpaired) electrons. The fraction of sp³-hybridized carbons (Fsp3) is 0.143. The number of benzene rings is 1. The molecule has 0 bridgehead atoms. The van der Waals surface area contributed by atoms with Crippen molar-refractivity contribution in [2.75, 3.05) is 0 Å². The Morgan fingerprint density at radius 2 is 2.38 bits per heavy atom. The molecular formula is C14H11N5OS. The van der Waals surface area contributed by atoms with Gasteiger partial charge in [0.05, 0.1) is 30.1 Å². The molecule has 0 spiro atoms. The quantitative estimate of drug-likeness (QED) is 0.800. The molecule has 3 aromatic rings. The predicted molar refractivity (Wildman–Crippen MR) is 77.9 cm³/mol. The number of aryl methyl sites for hydroxylation is 1. The van der Waals surface area contributed by atoms with Gasteiger partial charge in [0.25, 0.3) is 5.91 Å². The van der Waals surface area contributed by atoms with Gasteiger partial charge in [0.1, 0.15) is 5.01 Å². The average Bonchev–Trinajstić information content (AvgIpc) is 3.01. The first-order chi connectivity index (χ1) is 10.2. The largest absolute Gasteiger partial charge is 0.346 e. The lowest BCUT2D eigenvalue weighted by Crippen LogP contribution is -2.23. The first kappa shape index (κ1) is 13.3. The summed E-state index contributed by atoms with van der Waals surface area (Å²) in [6.07, 6.45) is 1.80. The zero-order chi connectivity index (χ0) is 14.8. The van der Waals surface area contributed by atoms with Crippen molar-refractivity contribution in [3.63, 3.8) is 0 Å². The van der Waals surface area contributed by atoms with E-state index in [9.17, 15) is 4.79 Å². The molecule has 2 heterocycles. The van der Waals surface area contributed by atoms with Crippen molar-refractivity contribution < 1.29 is 4.79 Å². The Morgan fingerprint density at radius 1 is 1.52 bits per heavy atom. The minimum absolute atomic E-state index is 0.229. The van der Waals surface area contributed by atoms with Crippen molar-refractivity contribution in [3.8, 4) is 6.07 Å². The Balaban J connectivity index is 1.70. The standard InChI is InChI=1S/C14H11N5OS/c1-9-18-19-8-12(17-14(19)21-9)7-16-13(20)11-4-2-3-10(5-11)6-15/h2-5,8H,7H2,1H3,(H,16,20). The molecular weight excluding hydrogens is 286 g/mol. The fourth-order valence-electron chi connectivity index (χ4n) is 1.93. The lowest BCUT2D eigenvalue weighted by molar-refractivity contribution is 0.0950. The van der Waals surface area contributed by atoms with Gasteiger partial charge in [0, 0.05) is 5.56 Å². The molecule has 3 rings (SSSR count). The van der Waals surface area contributed by atoms with Crippen LogP contribution in [0.15, 0.2) is 30.5 Å². The summed E-state index contributed by atoms with van der Waals surface area (Å²) in [5, 5.41) is 16.8. The van der Waals surface area contributed by atoms with E-state index in [1.165, 1.54) is 11.3 Å². The molecule has 0 saturated carbocycles. The van der Waals surface area contributed by atoms with Gasteiger partial charge in [0.15, 0.2) is 0 Å². The highest BCUT2D eigenvalue weighted by Crippen LogP contribution is 2.13. The topological polar surface area (TPSA) is 83.1 Å². The number of amides is 1. The van der Waals surface area contributed by atoms with Gasteiger partial charge in [0.2, 0.25) is 4.96 Å². The fourth-order valence-corrected chi connectivity index (χ4v) is 2.68. The number of hydrogen-bond donors (Lipinski definition) is 1. The van der Waals surface area contributed by atoms with Crippen molar-refractivity contribution in [3.05, 3.63) is 52.3 Å². The number of hydrogen-bond acceptors (Lipinski definition) is 5. The third-order valence-electron chi connectivity index (χ3n) is 2.88. The molecule has 0 saturated heterocycles. The summed E-state index contributed by atoms with van der Waals surface area (Å²) in [5.74, 6) is -0.229. The van der Waals surface area contributed by atoms with Crippen LogP contribution in [-0.2, 0) is 6.54 Å². The number of carbonyl (C=O) groups excluding carboxylic acids is 1. The number of carbonyl (C=O) groups is 1. The van der Waals surface area contributed by atoms with E-state index in [1.807, 2.05) is 13.0 Å². The number of fused-ring (bicyclic) bond motifs is 1. The Hall–Kier alpha value is -2.72. The molecule has 0 unspecified atom stereocenters. The van der Waals surface area contributed by atoms with Crippen molar-refractivity contribution in [2.45, 2.75) is 13.5 Å². The van der Waals surface area contributed by atoms with E-state index in [0.717, 1.165) is 15.7 Å². The number of nitrogens with one attached hydrogen (secondary N) is 1. The highest BCUT2D eigenvalue weighted by molar-refractivity contribution is 7.16. The number of imidazole rings is 1. The molecule has 0 atom stereocenters. The monoisotopic (exact) mass is 297 g/mol. The van der Waals surface area contributed by atoms with Crippen LogP contribution in [0.2, 0.25) is 0 Å². The van der Waals surface area contributed by atoms with Crippen LogP contribution in [0.4, 0.5) is 0 Å². The molecule has 2 aromatic heterocycles. The maximum absolute atomic E-state index is 12.0. The molecule has 0 aliphatic heterocycles. The molecule has 0 aliphatic carbocycles. The zero-order valence-corrected chi connectivity index (χ0v) is 12.0. The first-order valence-corrected chi connectivity index (χ1v) is 7.07. The lowest BCUT2D eigenvalue weighted by Gasteiger charge is -2.03. The summed E-state index contributed by atoms with van der Waals surface area (Å²) in [4.78, 5) is 17.2. The van der Waals surface area contributed by atoms with Crippen LogP contribution in [0.25, 0.3) is 4.96 Å². The summed E-state index contributed by atoms with van der Waals surface area (Å²) < 4.78 is 1.71. The number of nitrogens with zero attached hydrogens (tertiary/aromatic N) is 4. The van der Waals surface area contributed by atoms with Crippen LogP contribution < -0.4 is 5.32 Å². The number of aromatic nitrogens is 3. The van der Waals surface area contributed by atoms with Gasteiger partial charge in [-0.2, -0.15) is 10.4 Å². The molecule has 1 amide bonds. The summed E-state index contributed by atoms with van der Waals surface area (Å²) >= 11 is 1.50. The van der Waals surface area contributed by atoms with Crippen LogP contribution in [-0.4, -0.2) is 20.5 Å². The summed E-state index contributed by atoms with van der Waals surface area (Å²) in [6, 6.07) is 8.60. The maximum Gasteiger partial charge on any atom is 0.251 e. The van der Waals surface area contributed by atoms with E-state index >= 15 is 0 Å². The Labute approximate surface area is 124 Å². The van der Waals surface area contributed by atoms with Gasteiger partial charge in [-0.25, -0.2) is 9.50 Å². The van der Waals surface area contributed by atoms with Gasteiger partial charge in [-0.15, -0.1) is 0 Å². The molecule has 0 aliphatic rings. The van der Waals surface area contributed by atoms with E-state index in [1.54, 1.807) is 35.0 Å². The van der Waals surface area contributed by atoms with Crippen LogP contribution in [0.3, 0.4) is 0 Å². The minimum atomic E-state index is -0.229. The number of nitriles is 1. The SMILES string of the molecule is Cc1nn2cc(CNC(=O)c3cccc(C#N)c3)nc2s1. The Kier molecular flexibility index (Phi) is 3.38. The molecule has 1 N–H and O–H groups in total. The Morgan fingerprint density at radius 3 is 3.14 bits per heavy atom. The van der Waals surface area contributed by atoms with Crippen LogP contribution in [0.5, 0.6) is 0 Å².